The van der Waals surface area contributed by atoms with Crippen molar-refractivity contribution in [3.8, 4) is 0 Å². The van der Waals surface area contributed by atoms with E-state index in [1.807, 2.05) is 0 Å². The van der Waals surface area contributed by atoms with E-state index < -0.39 is 22.6 Å². The van der Waals surface area contributed by atoms with Gasteiger partial charge in [-0.2, -0.15) is 0 Å². The minimum Gasteiger partial charge on any atom is -0.478 e. The van der Waals surface area contributed by atoms with E-state index in [-0.39, 0.29) is 21.9 Å². The van der Waals surface area contributed by atoms with Crippen molar-refractivity contribution in [3.05, 3.63) is 64.4 Å². The molecule has 0 aliphatic carbocycles. The molecule has 20 heavy (non-hydrogen) atoms. The standard InChI is InChI=1S/C14H10ClFO3S/c15-12-2-1-3-13(16)11(12)8-20(19)10-6-4-9(5-7-10)14(17)18/h1-7H,8H2,(H,17,18). The van der Waals surface area contributed by atoms with Crippen LogP contribution in [0, 0.1) is 5.82 Å². The maximum absolute atomic E-state index is 13.6. The van der Waals surface area contributed by atoms with Crippen molar-refractivity contribution in [1.82, 2.24) is 0 Å². The van der Waals surface area contributed by atoms with Gasteiger partial charge in [-0.1, -0.05) is 17.7 Å². The van der Waals surface area contributed by atoms with Crippen LogP contribution in [0.3, 0.4) is 0 Å². The van der Waals surface area contributed by atoms with Gasteiger partial charge in [-0.05, 0) is 36.4 Å². The summed E-state index contributed by atoms with van der Waals surface area (Å²) in [6, 6.07) is 9.89. The molecule has 0 saturated carbocycles. The summed E-state index contributed by atoms with van der Waals surface area (Å²) >= 11 is 5.88. The third-order valence-electron chi connectivity index (χ3n) is 2.70. The molecule has 3 nitrogen and oxygen atoms in total. The van der Waals surface area contributed by atoms with Gasteiger partial charge in [-0.3, -0.25) is 4.21 Å². The molecule has 0 spiro atoms. The Morgan fingerprint density at radius 3 is 2.40 bits per heavy atom. The van der Waals surface area contributed by atoms with Gasteiger partial charge in [-0.25, -0.2) is 9.18 Å². The van der Waals surface area contributed by atoms with Crippen molar-refractivity contribution in [1.29, 1.82) is 0 Å². The van der Waals surface area contributed by atoms with Crippen LogP contribution in [0.2, 0.25) is 5.02 Å². The van der Waals surface area contributed by atoms with Crippen molar-refractivity contribution in [3.63, 3.8) is 0 Å². The number of carbonyl (C=O) groups is 1. The average molecular weight is 313 g/mol. The largest absolute Gasteiger partial charge is 0.478 e. The Labute approximate surface area is 122 Å². The Kier molecular flexibility index (Phi) is 4.52. The molecule has 1 atom stereocenters. The van der Waals surface area contributed by atoms with Gasteiger partial charge in [0, 0.05) is 15.5 Å². The van der Waals surface area contributed by atoms with Gasteiger partial charge in [0.2, 0.25) is 0 Å². The first-order valence-electron chi connectivity index (χ1n) is 5.63. The van der Waals surface area contributed by atoms with Gasteiger partial charge in [0.05, 0.1) is 22.1 Å². The fourth-order valence-electron chi connectivity index (χ4n) is 1.63. The van der Waals surface area contributed by atoms with E-state index in [0.29, 0.717) is 4.90 Å². The van der Waals surface area contributed by atoms with E-state index in [1.165, 1.54) is 42.5 Å². The van der Waals surface area contributed by atoms with Gasteiger partial charge < -0.3 is 5.11 Å². The van der Waals surface area contributed by atoms with E-state index >= 15 is 0 Å². The summed E-state index contributed by atoms with van der Waals surface area (Å²) in [4.78, 5) is 11.1. The van der Waals surface area contributed by atoms with E-state index in [4.69, 9.17) is 16.7 Å². The van der Waals surface area contributed by atoms with Gasteiger partial charge in [0.1, 0.15) is 5.82 Å². The zero-order valence-electron chi connectivity index (χ0n) is 10.2. The molecule has 2 aromatic carbocycles. The second kappa shape index (κ2) is 6.15. The molecular weight excluding hydrogens is 303 g/mol. The molecule has 0 aliphatic rings. The number of carboxylic acid groups (broad SMARTS) is 1. The third kappa shape index (κ3) is 3.23. The number of carboxylic acids is 1. The highest BCUT2D eigenvalue weighted by molar-refractivity contribution is 7.84. The first-order chi connectivity index (χ1) is 9.49. The number of hydrogen-bond acceptors (Lipinski definition) is 2. The summed E-state index contributed by atoms with van der Waals surface area (Å²) in [6.45, 7) is 0. The van der Waals surface area contributed by atoms with Crippen LogP contribution in [0.15, 0.2) is 47.4 Å². The maximum atomic E-state index is 13.6. The zero-order valence-corrected chi connectivity index (χ0v) is 11.7. The van der Waals surface area contributed by atoms with Crippen LogP contribution in [0.5, 0.6) is 0 Å². The molecule has 1 N–H and O–H groups in total. The lowest BCUT2D eigenvalue weighted by Crippen LogP contribution is -2.01. The molecule has 0 heterocycles. The predicted octanol–water partition coefficient (Wildman–Crippen LogP) is 3.49. The normalized spacial score (nSPS) is 12.1. The molecule has 0 amide bonds. The van der Waals surface area contributed by atoms with E-state index in [2.05, 4.69) is 0 Å². The Morgan fingerprint density at radius 1 is 1.20 bits per heavy atom. The second-order valence-corrected chi connectivity index (χ2v) is 5.88. The van der Waals surface area contributed by atoms with E-state index in [1.54, 1.807) is 0 Å². The van der Waals surface area contributed by atoms with Gasteiger partial charge in [0.25, 0.3) is 0 Å². The van der Waals surface area contributed by atoms with Gasteiger partial charge in [-0.15, -0.1) is 0 Å². The Bertz CT molecular complexity index is 650. The Balaban J connectivity index is 2.22. The minimum absolute atomic E-state index is 0.0576. The number of halogens is 2. The fraction of sp³-hybridized carbons (Fsp3) is 0.0714. The molecule has 0 bridgehead atoms. The second-order valence-electron chi connectivity index (χ2n) is 4.02. The third-order valence-corrected chi connectivity index (χ3v) is 4.40. The quantitative estimate of drug-likeness (QED) is 0.940. The molecule has 2 rings (SSSR count). The van der Waals surface area contributed by atoms with Crippen LogP contribution in [0.25, 0.3) is 0 Å². The summed E-state index contributed by atoms with van der Waals surface area (Å²) in [7, 11) is -1.49. The first-order valence-corrected chi connectivity index (χ1v) is 7.33. The summed E-state index contributed by atoms with van der Waals surface area (Å²) in [5.74, 6) is -1.62. The van der Waals surface area contributed by atoms with E-state index in [0.717, 1.165) is 0 Å². The highest BCUT2D eigenvalue weighted by Crippen LogP contribution is 2.22. The molecule has 0 aromatic heterocycles. The number of rotatable bonds is 4. The molecule has 6 heteroatoms. The lowest BCUT2D eigenvalue weighted by molar-refractivity contribution is 0.0697. The van der Waals surface area contributed by atoms with Crippen LogP contribution in [0.4, 0.5) is 4.39 Å². The summed E-state index contributed by atoms with van der Waals surface area (Å²) in [6.07, 6.45) is 0. The molecule has 1 unspecified atom stereocenters. The van der Waals surface area contributed by atoms with Gasteiger partial charge in [0.15, 0.2) is 0 Å². The molecule has 0 fully saturated rings. The van der Waals surface area contributed by atoms with Gasteiger partial charge >= 0.3 is 5.97 Å². The van der Waals surface area contributed by atoms with Crippen LogP contribution in [0.1, 0.15) is 15.9 Å². The highest BCUT2D eigenvalue weighted by Gasteiger charge is 2.13. The number of aromatic carboxylic acids is 1. The molecule has 104 valence electrons. The molecule has 0 aliphatic heterocycles. The summed E-state index contributed by atoms with van der Waals surface area (Å²) < 4.78 is 25.7. The van der Waals surface area contributed by atoms with Crippen molar-refractivity contribution in [2.24, 2.45) is 0 Å². The van der Waals surface area contributed by atoms with Crippen LogP contribution in [-0.4, -0.2) is 15.3 Å². The van der Waals surface area contributed by atoms with Crippen LogP contribution < -0.4 is 0 Å². The average Bonchev–Trinajstić information content (AvgIpc) is 2.43. The topological polar surface area (TPSA) is 54.4 Å². The van der Waals surface area contributed by atoms with E-state index in [9.17, 15) is 13.4 Å². The SMILES string of the molecule is O=C(O)c1ccc(S(=O)Cc2c(F)cccc2Cl)cc1. The lowest BCUT2D eigenvalue weighted by atomic mass is 10.2. The molecule has 0 saturated heterocycles. The molecule has 0 radical (unpaired) electrons. The fourth-order valence-corrected chi connectivity index (χ4v) is 3.10. The first kappa shape index (κ1) is 14.7. The van der Waals surface area contributed by atoms with Crippen molar-refractivity contribution < 1.29 is 18.5 Å². The maximum Gasteiger partial charge on any atom is 0.335 e. The molecular formula is C14H10ClFO3S. The highest BCUT2D eigenvalue weighted by atomic mass is 35.5. The van der Waals surface area contributed by atoms with Crippen LogP contribution >= 0.6 is 11.6 Å². The number of hydrogen-bond donors (Lipinski definition) is 1. The zero-order chi connectivity index (χ0) is 14.7. The molecule has 2 aromatic rings. The summed E-state index contributed by atoms with van der Waals surface area (Å²) in [5.41, 5.74) is 0.296. The Hall–Kier alpha value is -1.72. The lowest BCUT2D eigenvalue weighted by Gasteiger charge is -2.06. The van der Waals surface area contributed by atoms with Crippen LogP contribution in [-0.2, 0) is 16.6 Å². The Morgan fingerprint density at radius 2 is 1.85 bits per heavy atom. The predicted molar refractivity (Wildman–Crippen MR) is 74.9 cm³/mol. The number of benzene rings is 2. The van der Waals surface area contributed by atoms with Crippen molar-refractivity contribution in [2.45, 2.75) is 10.6 Å². The van der Waals surface area contributed by atoms with Crippen molar-refractivity contribution in [2.75, 3.05) is 0 Å². The summed E-state index contributed by atoms with van der Waals surface area (Å²) in [5, 5.41) is 9.00. The van der Waals surface area contributed by atoms with Crippen molar-refractivity contribution >= 4 is 28.4 Å². The smallest absolute Gasteiger partial charge is 0.335 e. The monoisotopic (exact) mass is 312 g/mol. The minimum atomic E-state index is -1.49.